The molecule has 0 saturated heterocycles. The molecule has 2 aromatic heterocycles. The maximum atomic E-state index is 12.0. The van der Waals surface area contributed by atoms with Gasteiger partial charge in [0.1, 0.15) is 5.00 Å². The van der Waals surface area contributed by atoms with Gasteiger partial charge in [-0.15, -0.1) is 21.5 Å². The van der Waals surface area contributed by atoms with Crippen LogP contribution in [0.25, 0.3) is 0 Å². The van der Waals surface area contributed by atoms with E-state index >= 15 is 0 Å². The van der Waals surface area contributed by atoms with Crippen LogP contribution in [0.2, 0.25) is 4.47 Å². The van der Waals surface area contributed by atoms with E-state index in [4.69, 9.17) is 17.3 Å². The van der Waals surface area contributed by atoms with E-state index < -0.39 is 11.8 Å². The molecular weight excluding hydrogens is 320 g/mol. The number of fused-ring (bicyclic) bond motifs is 1. The summed E-state index contributed by atoms with van der Waals surface area (Å²) in [7, 11) is 0. The zero-order valence-corrected chi connectivity index (χ0v) is 12.5. The second-order valence-corrected chi connectivity index (χ2v) is 6.90. The summed E-state index contributed by atoms with van der Waals surface area (Å²) in [6.45, 7) is 0. The molecule has 0 unspecified atom stereocenters. The fourth-order valence-corrected chi connectivity index (χ4v) is 4.22. The van der Waals surface area contributed by atoms with Gasteiger partial charge in [-0.2, -0.15) is 0 Å². The van der Waals surface area contributed by atoms with E-state index in [-0.39, 0.29) is 9.47 Å². The number of anilines is 1. The normalized spacial score (nSPS) is 13.2. The van der Waals surface area contributed by atoms with Crippen LogP contribution in [0.3, 0.4) is 0 Å². The molecule has 3 N–H and O–H groups in total. The van der Waals surface area contributed by atoms with Crippen LogP contribution in [-0.2, 0) is 12.8 Å². The number of hydrogen-bond acceptors (Lipinski definition) is 6. The van der Waals surface area contributed by atoms with Gasteiger partial charge in [-0.25, -0.2) is 0 Å². The van der Waals surface area contributed by atoms with Crippen molar-refractivity contribution in [2.45, 2.75) is 19.3 Å². The third-order valence-electron chi connectivity index (χ3n) is 2.99. The van der Waals surface area contributed by atoms with Gasteiger partial charge in [0.15, 0.2) is 0 Å². The molecule has 6 nitrogen and oxygen atoms in total. The van der Waals surface area contributed by atoms with Crippen LogP contribution in [0, 0.1) is 0 Å². The zero-order valence-electron chi connectivity index (χ0n) is 10.1. The van der Waals surface area contributed by atoms with Crippen molar-refractivity contribution in [3.63, 3.8) is 0 Å². The number of carbonyl (C=O) groups excluding carboxylic acids is 2. The summed E-state index contributed by atoms with van der Waals surface area (Å²) in [6.07, 6.45) is 2.76. The Bertz CT molecular complexity index is 709. The van der Waals surface area contributed by atoms with E-state index in [2.05, 4.69) is 15.5 Å². The summed E-state index contributed by atoms with van der Waals surface area (Å²) in [6, 6.07) is 0. The monoisotopic (exact) mass is 328 g/mol. The predicted octanol–water partition coefficient (Wildman–Crippen LogP) is 2.09. The van der Waals surface area contributed by atoms with Crippen molar-refractivity contribution in [1.82, 2.24) is 10.2 Å². The molecule has 2 heterocycles. The van der Waals surface area contributed by atoms with Gasteiger partial charge < -0.3 is 11.1 Å². The number of nitrogens with one attached hydrogen (secondary N) is 1. The van der Waals surface area contributed by atoms with Gasteiger partial charge in [-0.3, -0.25) is 9.59 Å². The average molecular weight is 329 g/mol. The lowest BCUT2D eigenvalue weighted by Gasteiger charge is -2.03. The molecule has 0 bridgehead atoms. The average Bonchev–Trinajstić information content (AvgIpc) is 3.03. The summed E-state index contributed by atoms with van der Waals surface area (Å²) in [4.78, 5) is 24.7. The highest BCUT2D eigenvalue weighted by Gasteiger charge is 2.26. The van der Waals surface area contributed by atoms with Gasteiger partial charge in [0.2, 0.25) is 9.47 Å². The minimum atomic E-state index is -0.519. The Morgan fingerprint density at radius 1 is 1.25 bits per heavy atom. The van der Waals surface area contributed by atoms with Gasteiger partial charge in [0.25, 0.3) is 11.8 Å². The van der Waals surface area contributed by atoms with Crippen LogP contribution >= 0.6 is 34.3 Å². The maximum absolute atomic E-state index is 12.0. The first-order valence-corrected chi connectivity index (χ1v) is 7.82. The molecule has 104 valence electrons. The highest BCUT2D eigenvalue weighted by Crippen LogP contribution is 2.39. The van der Waals surface area contributed by atoms with Crippen LogP contribution in [0.4, 0.5) is 5.00 Å². The second kappa shape index (κ2) is 5.12. The number of nitrogens with two attached hydrogens (primary N) is 1. The van der Waals surface area contributed by atoms with E-state index in [1.165, 1.54) is 11.3 Å². The molecule has 0 saturated carbocycles. The van der Waals surface area contributed by atoms with Gasteiger partial charge in [0, 0.05) is 4.88 Å². The minimum absolute atomic E-state index is 0.152. The van der Waals surface area contributed by atoms with Gasteiger partial charge in [0.05, 0.1) is 5.56 Å². The van der Waals surface area contributed by atoms with Crippen LogP contribution in [0.5, 0.6) is 0 Å². The predicted molar refractivity (Wildman–Crippen MR) is 77.7 cm³/mol. The maximum Gasteiger partial charge on any atom is 0.287 e. The largest absolute Gasteiger partial charge is 0.365 e. The van der Waals surface area contributed by atoms with Crippen molar-refractivity contribution in [1.29, 1.82) is 0 Å². The van der Waals surface area contributed by atoms with E-state index in [0.717, 1.165) is 41.0 Å². The van der Waals surface area contributed by atoms with Crippen LogP contribution in [0.15, 0.2) is 0 Å². The number of rotatable bonds is 3. The first-order valence-electron chi connectivity index (χ1n) is 5.81. The molecule has 0 aromatic carbocycles. The van der Waals surface area contributed by atoms with E-state index in [1.54, 1.807) is 0 Å². The molecule has 3 rings (SSSR count). The second-order valence-electron chi connectivity index (χ2n) is 4.24. The highest BCUT2D eigenvalue weighted by atomic mass is 35.5. The number of thiophene rings is 1. The van der Waals surface area contributed by atoms with Gasteiger partial charge >= 0.3 is 0 Å². The van der Waals surface area contributed by atoms with Gasteiger partial charge in [-0.05, 0) is 36.4 Å². The Balaban J connectivity index is 1.91. The number of carbonyl (C=O) groups is 2. The molecule has 20 heavy (non-hydrogen) atoms. The number of aromatic nitrogens is 2. The van der Waals surface area contributed by atoms with E-state index in [1.807, 2.05) is 0 Å². The standard InChI is InChI=1S/C11H9ClN4O2S2/c12-11-16-15-10(20-11)8(18)14-9-6(7(13)17)4-2-1-3-5(4)19-9/h1-3H2,(H2,13,17)(H,14,18). The van der Waals surface area contributed by atoms with Crippen molar-refractivity contribution < 1.29 is 9.59 Å². The Hall–Kier alpha value is -1.51. The Morgan fingerprint density at radius 3 is 2.70 bits per heavy atom. The molecule has 9 heteroatoms. The quantitative estimate of drug-likeness (QED) is 0.901. The molecule has 1 aliphatic carbocycles. The highest BCUT2D eigenvalue weighted by molar-refractivity contribution is 7.18. The molecule has 0 radical (unpaired) electrons. The summed E-state index contributed by atoms with van der Waals surface area (Å²) >= 11 is 8.02. The Labute approximate surface area is 127 Å². The van der Waals surface area contributed by atoms with Gasteiger partial charge in [-0.1, -0.05) is 11.3 Å². The summed E-state index contributed by atoms with van der Waals surface area (Å²) in [5.74, 6) is -0.952. The molecule has 0 atom stereocenters. The van der Waals surface area contributed by atoms with Crippen LogP contribution < -0.4 is 11.1 Å². The SMILES string of the molecule is NC(=O)c1c(NC(=O)c2nnc(Cl)s2)sc2c1CCC2. The third-order valence-corrected chi connectivity index (χ3v) is 5.21. The lowest BCUT2D eigenvalue weighted by Crippen LogP contribution is -2.17. The van der Waals surface area contributed by atoms with Crippen molar-refractivity contribution in [2.24, 2.45) is 5.73 Å². The lowest BCUT2D eigenvalue weighted by molar-refractivity contribution is 0.100. The first-order chi connectivity index (χ1) is 9.56. The molecule has 2 aromatic rings. The number of hydrogen-bond donors (Lipinski definition) is 2. The van der Waals surface area contributed by atoms with Crippen LogP contribution in [-0.4, -0.2) is 22.0 Å². The summed E-state index contributed by atoms with van der Waals surface area (Å²) in [5.41, 5.74) is 6.81. The number of halogens is 1. The smallest absolute Gasteiger partial charge is 0.287 e. The topological polar surface area (TPSA) is 98.0 Å². The number of nitrogens with zero attached hydrogens (tertiary/aromatic N) is 2. The fourth-order valence-electron chi connectivity index (χ4n) is 2.21. The minimum Gasteiger partial charge on any atom is -0.365 e. The number of primary amides is 1. The van der Waals surface area contributed by atoms with E-state index in [9.17, 15) is 9.59 Å². The molecule has 0 aliphatic heterocycles. The van der Waals surface area contributed by atoms with E-state index in [0.29, 0.717) is 10.6 Å². The number of amides is 2. The van der Waals surface area contributed by atoms with Crippen LogP contribution in [0.1, 0.15) is 37.0 Å². The van der Waals surface area contributed by atoms with Crippen molar-refractivity contribution in [3.05, 3.63) is 25.5 Å². The number of aryl methyl sites for hydroxylation is 1. The Morgan fingerprint density at radius 2 is 2.05 bits per heavy atom. The molecule has 0 fully saturated rings. The van der Waals surface area contributed by atoms with Crippen molar-refractivity contribution in [2.75, 3.05) is 5.32 Å². The molecular formula is C11H9ClN4O2S2. The molecule has 0 spiro atoms. The Kier molecular flexibility index (Phi) is 3.45. The lowest BCUT2D eigenvalue weighted by atomic mass is 10.1. The summed E-state index contributed by atoms with van der Waals surface area (Å²) in [5, 5.41) is 10.6. The van der Waals surface area contributed by atoms with Crippen molar-refractivity contribution >= 4 is 51.1 Å². The van der Waals surface area contributed by atoms with Crippen molar-refractivity contribution in [3.8, 4) is 0 Å². The molecule has 2 amide bonds. The third kappa shape index (κ3) is 2.30. The zero-order chi connectivity index (χ0) is 14.3. The molecule has 1 aliphatic rings. The fraction of sp³-hybridized carbons (Fsp3) is 0.273. The first kappa shape index (κ1) is 13.5. The summed E-state index contributed by atoms with van der Waals surface area (Å²) < 4.78 is 0.193.